The molecule has 0 aliphatic rings. The summed E-state index contributed by atoms with van der Waals surface area (Å²) in [6.07, 6.45) is 4.92. The molecule has 0 aliphatic carbocycles. The molecule has 1 N–H and O–H groups in total. The highest BCUT2D eigenvalue weighted by molar-refractivity contribution is 6.00. The third-order valence-electron chi connectivity index (χ3n) is 4.14. The minimum absolute atomic E-state index is 0.0660. The molecule has 0 fully saturated rings. The topological polar surface area (TPSA) is 68.0 Å². The Morgan fingerprint density at radius 1 is 1.15 bits per heavy atom. The van der Waals surface area contributed by atoms with Crippen molar-refractivity contribution in [1.29, 1.82) is 0 Å². The zero-order chi connectivity index (χ0) is 18.7. The number of nitrogens with zero attached hydrogens (tertiary/aromatic N) is 2. The van der Waals surface area contributed by atoms with Gasteiger partial charge >= 0.3 is 0 Å². The first kappa shape index (κ1) is 17.9. The van der Waals surface area contributed by atoms with Gasteiger partial charge in [-0.1, -0.05) is 51.1 Å². The number of carbonyl (C=O) groups is 1. The summed E-state index contributed by atoms with van der Waals surface area (Å²) in [6.45, 7) is 7.56. The standard InChI is InChI=1S/C21H23N3O2/c1-14-16(20(25)21(2,3)4)12-17(26-14)19(15-8-6-5-7-9-15)24-18-13-22-10-11-23-18/h5-13,19H,1-4H3,(H,23,24). The molecule has 0 saturated heterocycles. The van der Waals surface area contributed by atoms with Crippen LogP contribution in [0.2, 0.25) is 0 Å². The molecule has 3 aromatic rings. The number of nitrogens with one attached hydrogen (secondary N) is 1. The molecule has 0 radical (unpaired) electrons. The van der Waals surface area contributed by atoms with Crippen LogP contribution in [0.1, 0.15) is 54.3 Å². The van der Waals surface area contributed by atoms with E-state index in [1.165, 1.54) is 0 Å². The van der Waals surface area contributed by atoms with Crippen LogP contribution in [-0.2, 0) is 0 Å². The number of aryl methyl sites for hydroxylation is 1. The van der Waals surface area contributed by atoms with Crippen LogP contribution in [0.4, 0.5) is 5.82 Å². The molecule has 0 spiro atoms. The summed E-state index contributed by atoms with van der Waals surface area (Å²) < 4.78 is 5.99. The van der Waals surface area contributed by atoms with Crippen LogP contribution in [0.15, 0.2) is 59.4 Å². The van der Waals surface area contributed by atoms with Crippen molar-refractivity contribution in [3.05, 3.63) is 77.6 Å². The second kappa shape index (κ2) is 7.12. The average Bonchev–Trinajstić information content (AvgIpc) is 3.01. The number of aromatic nitrogens is 2. The average molecular weight is 349 g/mol. The molecule has 1 aromatic carbocycles. The van der Waals surface area contributed by atoms with Gasteiger partial charge in [-0.05, 0) is 18.6 Å². The molecule has 3 rings (SSSR count). The first-order chi connectivity index (χ1) is 12.4. The van der Waals surface area contributed by atoms with Crippen molar-refractivity contribution >= 4 is 11.6 Å². The smallest absolute Gasteiger partial charge is 0.171 e. The molecular weight excluding hydrogens is 326 g/mol. The summed E-state index contributed by atoms with van der Waals surface area (Å²) in [5, 5.41) is 3.35. The van der Waals surface area contributed by atoms with Crippen LogP contribution in [-0.4, -0.2) is 15.8 Å². The van der Waals surface area contributed by atoms with E-state index >= 15 is 0 Å². The quantitative estimate of drug-likeness (QED) is 0.670. The van der Waals surface area contributed by atoms with Gasteiger partial charge in [0, 0.05) is 17.8 Å². The van der Waals surface area contributed by atoms with Crippen molar-refractivity contribution in [2.45, 2.75) is 33.7 Å². The SMILES string of the molecule is Cc1oc(C(Nc2cnccn2)c2ccccc2)cc1C(=O)C(C)(C)C. The maximum atomic E-state index is 12.7. The van der Waals surface area contributed by atoms with E-state index in [1.807, 2.05) is 64.1 Å². The lowest BCUT2D eigenvalue weighted by molar-refractivity contribution is 0.0856. The van der Waals surface area contributed by atoms with Crippen LogP contribution in [0.5, 0.6) is 0 Å². The fourth-order valence-electron chi connectivity index (χ4n) is 2.76. The summed E-state index contributed by atoms with van der Waals surface area (Å²) in [4.78, 5) is 21.1. The second-order valence-corrected chi connectivity index (χ2v) is 7.28. The number of carbonyl (C=O) groups excluding carboxylic acids is 1. The van der Waals surface area contributed by atoms with Gasteiger partial charge < -0.3 is 9.73 Å². The van der Waals surface area contributed by atoms with Gasteiger partial charge in [0.05, 0.1) is 11.8 Å². The molecule has 2 heterocycles. The maximum Gasteiger partial charge on any atom is 0.171 e. The van der Waals surface area contributed by atoms with Crippen LogP contribution in [0, 0.1) is 12.3 Å². The zero-order valence-electron chi connectivity index (χ0n) is 15.5. The van der Waals surface area contributed by atoms with E-state index < -0.39 is 5.41 Å². The van der Waals surface area contributed by atoms with Gasteiger partial charge in [-0.25, -0.2) is 4.98 Å². The molecule has 5 heteroatoms. The van der Waals surface area contributed by atoms with E-state index in [-0.39, 0.29) is 11.8 Å². The molecule has 26 heavy (non-hydrogen) atoms. The highest BCUT2D eigenvalue weighted by atomic mass is 16.3. The van der Waals surface area contributed by atoms with E-state index in [0.717, 1.165) is 5.56 Å². The first-order valence-electron chi connectivity index (χ1n) is 8.59. The van der Waals surface area contributed by atoms with Crippen molar-refractivity contribution in [3.63, 3.8) is 0 Å². The molecule has 0 bridgehead atoms. The van der Waals surface area contributed by atoms with E-state index in [9.17, 15) is 4.79 Å². The molecule has 0 aliphatic heterocycles. The first-order valence-corrected chi connectivity index (χ1v) is 8.59. The lowest BCUT2D eigenvalue weighted by Gasteiger charge is -2.17. The Kier molecular flexibility index (Phi) is 4.89. The monoisotopic (exact) mass is 349 g/mol. The number of rotatable bonds is 5. The highest BCUT2D eigenvalue weighted by Gasteiger charge is 2.29. The van der Waals surface area contributed by atoms with Gasteiger partial charge in [-0.2, -0.15) is 0 Å². The Balaban J connectivity index is 2.01. The third-order valence-corrected chi connectivity index (χ3v) is 4.14. The van der Waals surface area contributed by atoms with Crippen molar-refractivity contribution in [2.24, 2.45) is 5.41 Å². The highest BCUT2D eigenvalue weighted by Crippen LogP contribution is 2.32. The van der Waals surface area contributed by atoms with Crippen molar-refractivity contribution < 1.29 is 9.21 Å². The molecule has 134 valence electrons. The van der Waals surface area contributed by atoms with Crippen LogP contribution < -0.4 is 5.32 Å². The van der Waals surface area contributed by atoms with Gasteiger partial charge in [-0.15, -0.1) is 0 Å². The van der Waals surface area contributed by atoms with Crippen molar-refractivity contribution in [1.82, 2.24) is 9.97 Å². The molecule has 1 unspecified atom stereocenters. The summed E-state index contributed by atoms with van der Waals surface area (Å²) >= 11 is 0. The number of benzene rings is 1. The minimum atomic E-state index is -0.466. The van der Waals surface area contributed by atoms with E-state index in [1.54, 1.807) is 18.6 Å². The second-order valence-electron chi connectivity index (χ2n) is 7.28. The van der Waals surface area contributed by atoms with E-state index in [0.29, 0.717) is 22.9 Å². The van der Waals surface area contributed by atoms with Gasteiger partial charge in [0.15, 0.2) is 5.78 Å². The number of Topliss-reactive ketones (excluding diaryl/α,β-unsaturated/α-hetero) is 1. The minimum Gasteiger partial charge on any atom is -0.463 e. The van der Waals surface area contributed by atoms with Crippen molar-refractivity contribution in [2.75, 3.05) is 5.32 Å². The fourth-order valence-corrected chi connectivity index (χ4v) is 2.76. The Labute approximate surface area is 153 Å². The number of ketones is 1. The summed E-state index contributed by atoms with van der Waals surface area (Å²) in [5.41, 5.74) is 1.17. The lowest BCUT2D eigenvalue weighted by atomic mass is 9.86. The maximum absolute atomic E-state index is 12.7. The van der Waals surface area contributed by atoms with Gasteiger partial charge in [0.25, 0.3) is 0 Å². The van der Waals surface area contributed by atoms with Gasteiger partial charge in [-0.3, -0.25) is 9.78 Å². The normalized spacial score (nSPS) is 12.6. The van der Waals surface area contributed by atoms with Gasteiger partial charge in [0.1, 0.15) is 23.4 Å². The Bertz CT molecular complexity index is 881. The van der Waals surface area contributed by atoms with Gasteiger partial charge in [0.2, 0.25) is 0 Å². The van der Waals surface area contributed by atoms with Crippen LogP contribution in [0.25, 0.3) is 0 Å². The molecule has 1 atom stereocenters. The zero-order valence-corrected chi connectivity index (χ0v) is 15.5. The number of hydrogen-bond donors (Lipinski definition) is 1. The van der Waals surface area contributed by atoms with Crippen LogP contribution >= 0.6 is 0 Å². The van der Waals surface area contributed by atoms with E-state index in [4.69, 9.17) is 4.42 Å². The molecule has 5 nitrogen and oxygen atoms in total. The summed E-state index contributed by atoms with van der Waals surface area (Å²) in [7, 11) is 0. The van der Waals surface area contributed by atoms with Crippen LogP contribution in [0.3, 0.4) is 0 Å². The molecule has 0 amide bonds. The number of furan rings is 1. The molecule has 2 aromatic heterocycles. The number of hydrogen-bond acceptors (Lipinski definition) is 5. The van der Waals surface area contributed by atoms with Crippen molar-refractivity contribution in [3.8, 4) is 0 Å². The van der Waals surface area contributed by atoms with E-state index in [2.05, 4.69) is 15.3 Å². The summed E-state index contributed by atoms with van der Waals surface area (Å²) in [5.74, 6) is 2.00. The largest absolute Gasteiger partial charge is 0.463 e. The predicted octanol–water partition coefficient (Wildman–Crippen LogP) is 4.81. The molecular formula is C21H23N3O2. The predicted molar refractivity (Wildman–Crippen MR) is 101 cm³/mol. The Morgan fingerprint density at radius 2 is 1.88 bits per heavy atom. The molecule has 0 saturated carbocycles. The lowest BCUT2D eigenvalue weighted by Crippen LogP contribution is -2.20. The summed E-state index contributed by atoms with van der Waals surface area (Å²) in [6, 6.07) is 11.5. The third kappa shape index (κ3) is 3.82. The number of anilines is 1. The Hall–Kier alpha value is -2.95. The fraction of sp³-hybridized carbons (Fsp3) is 0.286. The Morgan fingerprint density at radius 3 is 2.50 bits per heavy atom.